The lowest BCUT2D eigenvalue weighted by Crippen LogP contribution is -2.48. The molecule has 1 atom stereocenters. The van der Waals surface area contributed by atoms with Gasteiger partial charge in [-0.2, -0.15) is 0 Å². The van der Waals surface area contributed by atoms with Crippen molar-refractivity contribution < 1.29 is 9.53 Å². The quantitative estimate of drug-likeness (QED) is 0.896. The molecule has 138 valence electrons. The first-order chi connectivity index (χ1) is 12.6. The lowest BCUT2D eigenvalue weighted by atomic mass is 9.99. The zero-order chi connectivity index (χ0) is 18.5. The predicted octanol–water partition coefficient (Wildman–Crippen LogP) is 3.42. The van der Waals surface area contributed by atoms with Gasteiger partial charge in [0.25, 0.3) is 0 Å². The van der Waals surface area contributed by atoms with E-state index < -0.39 is 0 Å². The fourth-order valence-corrected chi connectivity index (χ4v) is 3.73. The minimum Gasteiger partial charge on any atom is -0.496 e. The average molecular weight is 352 g/mol. The Bertz CT molecular complexity index is 772. The Morgan fingerprint density at radius 2 is 2.04 bits per heavy atom. The molecule has 2 aromatic rings. The smallest absolute Gasteiger partial charge is 0.223 e. The number of hydrogen-bond acceptors (Lipinski definition) is 3. The van der Waals surface area contributed by atoms with Gasteiger partial charge < -0.3 is 15.0 Å². The molecular formula is C22H28N2O2. The maximum Gasteiger partial charge on any atom is 0.223 e. The summed E-state index contributed by atoms with van der Waals surface area (Å²) >= 11 is 0. The van der Waals surface area contributed by atoms with E-state index in [-0.39, 0.29) is 11.9 Å². The van der Waals surface area contributed by atoms with E-state index in [2.05, 4.69) is 43.4 Å². The molecule has 1 aliphatic rings. The number of nitrogens with zero attached hydrogens (tertiary/aromatic N) is 1. The molecule has 1 heterocycles. The van der Waals surface area contributed by atoms with Gasteiger partial charge in [-0.05, 0) is 37.5 Å². The molecule has 3 rings (SSSR count). The van der Waals surface area contributed by atoms with Gasteiger partial charge in [0.2, 0.25) is 5.91 Å². The summed E-state index contributed by atoms with van der Waals surface area (Å²) in [7, 11) is 1.68. The van der Waals surface area contributed by atoms with Crippen molar-refractivity contribution in [3.63, 3.8) is 0 Å². The first-order valence-corrected chi connectivity index (χ1v) is 9.29. The second-order valence-electron chi connectivity index (χ2n) is 6.98. The van der Waals surface area contributed by atoms with E-state index in [0.717, 1.165) is 37.4 Å². The Kier molecular flexibility index (Phi) is 5.94. The van der Waals surface area contributed by atoms with Crippen LogP contribution in [0.15, 0.2) is 42.5 Å². The Labute approximate surface area is 156 Å². The third kappa shape index (κ3) is 4.07. The van der Waals surface area contributed by atoms with Crippen LogP contribution in [0.2, 0.25) is 0 Å². The van der Waals surface area contributed by atoms with Crippen molar-refractivity contribution in [1.82, 2.24) is 10.2 Å². The number of aryl methyl sites for hydroxylation is 3. The van der Waals surface area contributed by atoms with Gasteiger partial charge in [-0.25, -0.2) is 0 Å². The van der Waals surface area contributed by atoms with E-state index in [1.807, 2.05) is 23.1 Å². The van der Waals surface area contributed by atoms with Crippen LogP contribution in [-0.2, 0) is 11.2 Å². The molecule has 0 bridgehead atoms. The standard InChI is InChI=1S/C22H28N2O2/c1-16-8-9-18(17(2)14-16)10-11-22(25)24-13-12-23-15-20(24)19-6-4-5-7-21(19)26-3/h4-9,14,20,23H,10-13,15H2,1-3H3. The fraction of sp³-hybridized carbons (Fsp3) is 0.409. The highest BCUT2D eigenvalue weighted by atomic mass is 16.5. The predicted molar refractivity (Wildman–Crippen MR) is 105 cm³/mol. The number of para-hydroxylation sites is 1. The lowest BCUT2D eigenvalue weighted by molar-refractivity contribution is -0.134. The number of amides is 1. The molecule has 1 N–H and O–H groups in total. The molecule has 0 radical (unpaired) electrons. The molecule has 1 amide bonds. The van der Waals surface area contributed by atoms with Crippen molar-refractivity contribution in [1.29, 1.82) is 0 Å². The average Bonchev–Trinajstić information content (AvgIpc) is 2.67. The van der Waals surface area contributed by atoms with Crippen LogP contribution in [0.4, 0.5) is 0 Å². The summed E-state index contributed by atoms with van der Waals surface area (Å²) in [6, 6.07) is 14.5. The number of ether oxygens (including phenoxy) is 1. The fourth-order valence-electron chi connectivity index (χ4n) is 3.73. The Morgan fingerprint density at radius 1 is 1.23 bits per heavy atom. The normalized spacial score (nSPS) is 17.2. The highest BCUT2D eigenvalue weighted by molar-refractivity contribution is 5.77. The van der Waals surface area contributed by atoms with Crippen LogP contribution in [0.3, 0.4) is 0 Å². The van der Waals surface area contributed by atoms with Gasteiger partial charge in [0.05, 0.1) is 13.2 Å². The number of carbonyl (C=O) groups is 1. The highest BCUT2D eigenvalue weighted by Gasteiger charge is 2.29. The molecule has 2 aromatic carbocycles. The largest absolute Gasteiger partial charge is 0.496 e. The van der Waals surface area contributed by atoms with E-state index in [1.54, 1.807) is 7.11 Å². The molecule has 1 unspecified atom stereocenters. The van der Waals surface area contributed by atoms with Crippen LogP contribution in [-0.4, -0.2) is 37.6 Å². The van der Waals surface area contributed by atoms with Gasteiger partial charge in [0.1, 0.15) is 5.75 Å². The monoisotopic (exact) mass is 352 g/mol. The van der Waals surface area contributed by atoms with Crippen molar-refractivity contribution in [2.75, 3.05) is 26.7 Å². The first kappa shape index (κ1) is 18.5. The van der Waals surface area contributed by atoms with Gasteiger partial charge in [0, 0.05) is 31.6 Å². The summed E-state index contributed by atoms with van der Waals surface area (Å²) in [6.07, 6.45) is 1.32. The maximum atomic E-state index is 13.0. The van der Waals surface area contributed by atoms with Crippen molar-refractivity contribution in [3.8, 4) is 5.75 Å². The minimum atomic E-state index is 0.0199. The maximum absolute atomic E-state index is 13.0. The molecule has 1 fully saturated rings. The number of methoxy groups -OCH3 is 1. The first-order valence-electron chi connectivity index (χ1n) is 9.29. The highest BCUT2D eigenvalue weighted by Crippen LogP contribution is 2.30. The van der Waals surface area contributed by atoms with Gasteiger partial charge in [-0.1, -0.05) is 42.0 Å². The van der Waals surface area contributed by atoms with Crippen LogP contribution < -0.4 is 10.1 Å². The molecular weight excluding hydrogens is 324 g/mol. The molecule has 0 saturated carbocycles. The number of hydrogen-bond donors (Lipinski definition) is 1. The summed E-state index contributed by atoms with van der Waals surface area (Å²) in [6.45, 7) is 6.54. The summed E-state index contributed by atoms with van der Waals surface area (Å²) in [5.41, 5.74) is 4.85. The van der Waals surface area contributed by atoms with E-state index >= 15 is 0 Å². The summed E-state index contributed by atoms with van der Waals surface area (Å²) in [5.74, 6) is 1.05. The molecule has 0 aromatic heterocycles. The number of piperazine rings is 1. The van der Waals surface area contributed by atoms with Gasteiger partial charge in [0.15, 0.2) is 0 Å². The van der Waals surface area contributed by atoms with Crippen LogP contribution in [0.25, 0.3) is 0 Å². The second-order valence-corrected chi connectivity index (χ2v) is 6.98. The molecule has 4 heteroatoms. The van der Waals surface area contributed by atoms with Crippen LogP contribution in [0.1, 0.15) is 34.7 Å². The van der Waals surface area contributed by atoms with E-state index in [1.165, 1.54) is 16.7 Å². The molecule has 1 saturated heterocycles. The zero-order valence-electron chi connectivity index (χ0n) is 15.9. The summed E-state index contributed by atoms with van der Waals surface area (Å²) in [4.78, 5) is 15.0. The molecule has 1 aliphatic heterocycles. The molecule has 0 spiro atoms. The topological polar surface area (TPSA) is 41.6 Å². The Balaban J connectivity index is 1.73. The number of benzene rings is 2. The van der Waals surface area contributed by atoms with E-state index in [0.29, 0.717) is 6.42 Å². The van der Waals surface area contributed by atoms with Crippen molar-refractivity contribution >= 4 is 5.91 Å². The van der Waals surface area contributed by atoms with Gasteiger partial charge in [-0.15, -0.1) is 0 Å². The van der Waals surface area contributed by atoms with E-state index in [4.69, 9.17) is 4.74 Å². The number of carbonyl (C=O) groups excluding carboxylic acids is 1. The summed E-state index contributed by atoms with van der Waals surface area (Å²) in [5, 5.41) is 3.41. The third-order valence-corrected chi connectivity index (χ3v) is 5.17. The van der Waals surface area contributed by atoms with Gasteiger partial charge >= 0.3 is 0 Å². The molecule has 0 aliphatic carbocycles. The van der Waals surface area contributed by atoms with Crippen molar-refractivity contribution in [2.24, 2.45) is 0 Å². The third-order valence-electron chi connectivity index (χ3n) is 5.17. The number of nitrogens with one attached hydrogen (secondary N) is 1. The Morgan fingerprint density at radius 3 is 2.81 bits per heavy atom. The minimum absolute atomic E-state index is 0.0199. The van der Waals surface area contributed by atoms with Crippen LogP contribution in [0, 0.1) is 13.8 Å². The zero-order valence-corrected chi connectivity index (χ0v) is 15.9. The van der Waals surface area contributed by atoms with Crippen LogP contribution in [0.5, 0.6) is 5.75 Å². The number of rotatable bonds is 5. The van der Waals surface area contributed by atoms with Crippen molar-refractivity contribution in [2.45, 2.75) is 32.7 Å². The molecule has 26 heavy (non-hydrogen) atoms. The lowest BCUT2D eigenvalue weighted by Gasteiger charge is -2.37. The van der Waals surface area contributed by atoms with E-state index in [9.17, 15) is 4.79 Å². The van der Waals surface area contributed by atoms with Crippen LogP contribution >= 0.6 is 0 Å². The SMILES string of the molecule is COc1ccccc1C1CNCCN1C(=O)CCc1ccc(C)cc1C. The second kappa shape index (κ2) is 8.37. The van der Waals surface area contributed by atoms with Gasteiger partial charge in [-0.3, -0.25) is 4.79 Å². The summed E-state index contributed by atoms with van der Waals surface area (Å²) < 4.78 is 5.52. The molecule has 4 nitrogen and oxygen atoms in total. The Hall–Kier alpha value is -2.33. The van der Waals surface area contributed by atoms with Crippen molar-refractivity contribution in [3.05, 3.63) is 64.7 Å².